The fraction of sp³-hybridized carbons (Fsp3) is 0.158. The molecule has 2 amide bonds. The molecule has 0 radical (unpaired) electrons. The molecule has 2 aromatic carbocycles. The van der Waals surface area contributed by atoms with Crippen LogP contribution in [0.2, 0.25) is 0 Å². The molecule has 0 unspecified atom stereocenters. The molecule has 0 saturated heterocycles. The van der Waals surface area contributed by atoms with Crippen LogP contribution in [0.1, 0.15) is 17.3 Å². The maximum absolute atomic E-state index is 12.3. The zero-order valence-corrected chi connectivity index (χ0v) is 15.9. The van der Waals surface area contributed by atoms with E-state index < -0.39 is 11.3 Å². The lowest BCUT2D eigenvalue weighted by molar-refractivity contribution is -0.115. The maximum atomic E-state index is 12.3. The van der Waals surface area contributed by atoms with Crippen molar-refractivity contribution in [3.63, 3.8) is 0 Å². The van der Waals surface area contributed by atoms with Crippen LogP contribution >= 0.6 is 11.6 Å². The van der Waals surface area contributed by atoms with Crippen LogP contribution in [0.15, 0.2) is 52.9 Å². The summed E-state index contributed by atoms with van der Waals surface area (Å²) in [5.74, 6) is 0.229. The minimum atomic E-state index is -0.652. The van der Waals surface area contributed by atoms with Crippen LogP contribution in [0, 0.1) is 0 Å². The highest BCUT2D eigenvalue weighted by atomic mass is 35.5. The highest BCUT2D eigenvalue weighted by molar-refractivity contribution is 6.32. The van der Waals surface area contributed by atoms with E-state index in [1.165, 1.54) is 0 Å². The van der Waals surface area contributed by atoms with Crippen LogP contribution in [0.5, 0.6) is 5.75 Å². The molecule has 0 aliphatic rings. The van der Waals surface area contributed by atoms with Crippen molar-refractivity contribution < 1.29 is 18.7 Å². The Balaban J connectivity index is 1.64. The molecule has 3 rings (SSSR count). The summed E-state index contributed by atoms with van der Waals surface area (Å²) in [6.07, 6.45) is 0. The minimum absolute atomic E-state index is 0.0239. The van der Waals surface area contributed by atoms with E-state index in [1.807, 2.05) is 0 Å². The van der Waals surface area contributed by atoms with E-state index >= 15 is 0 Å². The SMILES string of the molecule is COc1ccc(-c2nnc(NC(=O)c3ccc(NC(=O)[C@@H](C)Cl)cc3)o2)cc1. The molecule has 2 N–H and O–H groups in total. The van der Waals surface area contributed by atoms with Gasteiger partial charge in [0.15, 0.2) is 0 Å². The van der Waals surface area contributed by atoms with Gasteiger partial charge in [0.1, 0.15) is 11.1 Å². The van der Waals surface area contributed by atoms with E-state index in [0.717, 1.165) is 0 Å². The number of hydrogen-bond donors (Lipinski definition) is 2. The highest BCUT2D eigenvalue weighted by Gasteiger charge is 2.14. The minimum Gasteiger partial charge on any atom is -0.497 e. The molecule has 144 valence electrons. The lowest BCUT2D eigenvalue weighted by atomic mass is 10.2. The van der Waals surface area contributed by atoms with Gasteiger partial charge in [0.25, 0.3) is 5.91 Å². The number of halogens is 1. The second kappa shape index (κ2) is 8.53. The van der Waals surface area contributed by atoms with Gasteiger partial charge in [-0.15, -0.1) is 16.7 Å². The Morgan fingerprint density at radius 2 is 1.71 bits per heavy atom. The lowest BCUT2D eigenvalue weighted by Crippen LogP contribution is -2.20. The number of aromatic nitrogens is 2. The molecule has 0 fully saturated rings. The van der Waals surface area contributed by atoms with Gasteiger partial charge in [-0.3, -0.25) is 14.9 Å². The van der Waals surface area contributed by atoms with Crippen LogP contribution in [-0.2, 0) is 4.79 Å². The molecule has 28 heavy (non-hydrogen) atoms. The van der Waals surface area contributed by atoms with E-state index in [4.69, 9.17) is 20.8 Å². The largest absolute Gasteiger partial charge is 0.497 e. The van der Waals surface area contributed by atoms with Gasteiger partial charge in [-0.2, -0.15) is 0 Å². The normalized spacial score (nSPS) is 11.5. The van der Waals surface area contributed by atoms with Crippen LogP contribution in [-0.4, -0.2) is 34.5 Å². The first-order valence-electron chi connectivity index (χ1n) is 8.30. The Kier molecular flexibility index (Phi) is 5.90. The number of carbonyl (C=O) groups is 2. The molecular weight excluding hydrogens is 384 g/mol. The number of nitrogens with zero attached hydrogens (tertiary/aromatic N) is 2. The van der Waals surface area contributed by atoms with Gasteiger partial charge in [0.2, 0.25) is 11.8 Å². The fourth-order valence-electron chi connectivity index (χ4n) is 2.24. The van der Waals surface area contributed by atoms with Gasteiger partial charge < -0.3 is 14.5 Å². The van der Waals surface area contributed by atoms with Crippen LogP contribution < -0.4 is 15.4 Å². The Morgan fingerprint density at radius 1 is 1.04 bits per heavy atom. The van der Waals surface area contributed by atoms with Gasteiger partial charge in [-0.25, -0.2) is 0 Å². The molecule has 0 bridgehead atoms. The number of benzene rings is 2. The number of rotatable bonds is 6. The molecule has 1 atom stereocenters. The van der Waals surface area contributed by atoms with Gasteiger partial charge in [0, 0.05) is 16.8 Å². The zero-order chi connectivity index (χ0) is 20.1. The van der Waals surface area contributed by atoms with Crippen molar-refractivity contribution in [2.45, 2.75) is 12.3 Å². The highest BCUT2D eigenvalue weighted by Crippen LogP contribution is 2.22. The molecule has 3 aromatic rings. The third-order valence-electron chi connectivity index (χ3n) is 3.76. The average molecular weight is 401 g/mol. The number of nitrogens with one attached hydrogen (secondary N) is 2. The van der Waals surface area contributed by atoms with Crippen LogP contribution in [0.4, 0.5) is 11.7 Å². The summed E-state index contributed by atoms with van der Waals surface area (Å²) < 4.78 is 10.6. The quantitative estimate of drug-likeness (QED) is 0.613. The van der Waals surface area contributed by atoms with Crippen molar-refractivity contribution in [3.05, 3.63) is 54.1 Å². The van der Waals surface area contributed by atoms with Crippen molar-refractivity contribution in [2.75, 3.05) is 17.7 Å². The molecular formula is C19H17ClN4O4. The van der Waals surface area contributed by atoms with Gasteiger partial charge in [0.05, 0.1) is 7.11 Å². The van der Waals surface area contributed by atoms with Crippen LogP contribution in [0.3, 0.4) is 0 Å². The number of amides is 2. The Bertz CT molecular complexity index is 968. The molecule has 0 saturated carbocycles. The zero-order valence-electron chi connectivity index (χ0n) is 15.1. The van der Waals surface area contributed by atoms with Gasteiger partial charge in [-0.1, -0.05) is 5.10 Å². The molecule has 0 spiro atoms. The number of methoxy groups -OCH3 is 1. The lowest BCUT2D eigenvalue weighted by Gasteiger charge is -2.07. The summed E-state index contributed by atoms with van der Waals surface area (Å²) in [5.41, 5.74) is 1.59. The van der Waals surface area contributed by atoms with Crippen molar-refractivity contribution >= 4 is 35.1 Å². The van der Waals surface area contributed by atoms with Crippen molar-refractivity contribution in [1.82, 2.24) is 10.2 Å². The number of anilines is 2. The summed E-state index contributed by atoms with van der Waals surface area (Å²) >= 11 is 5.71. The number of hydrogen-bond acceptors (Lipinski definition) is 6. The summed E-state index contributed by atoms with van der Waals surface area (Å²) in [5, 5.41) is 12.3. The van der Waals surface area contributed by atoms with Crippen molar-refractivity contribution in [2.24, 2.45) is 0 Å². The summed E-state index contributed by atoms with van der Waals surface area (Å²) in [7, 11) is 1.58. The Labute approximate surface area is 165 Å². The standard InChI is InChI=1S/C19H17ClN4O4/c1-11(20)16(25)21-14-7-3-12(4-8-14)17(26)22-19-24-23-18(28-19)13-5-9-15(27-2)10-6-13/h3-11H,1-2H3,(H,21,25)(H,22,24,26)/t11-/m1/s1. The smallest absolute Gasteiger partial charge is 0.322 e. The number of ether oxygens (including phenoxy) is 1. The fourth-order valence-corrected chi connectivity index (χ4v) is 2.29. The number of carbonyl (C=O) groups excluding carboxylic acids is 2. The molecule has 8 nitrogen and oxygen atoms in total. The summed E-state index contributed by atoms with van der Waals surface area (Å²) in [4.78, 5) is 23.9. The van der Waals surface area contributed by atoms with Crippen molar-refractivity contribution in [1.29, 1.82) is 0 Å². The molecule has 0 aliphatic heterocycles. The molecule has 0 aliphatic carbocycles. The van der Waals surface area contributed by atoms with E-state index in [-0.39, 0.29) is 17.8 Å². The number of alkyl halides is 1. The summed E-state index contributed by atoms with van der Waals surface area (Å²) in [6.45, 7) is 1.57. The van der Waals surface area contributed by atoms with Crippen molar-refractivity contribution in [3.8, 4) is 17.2 Å². The van der Waals surface area contributed by atoms with E-state index in [9.17, 15) is 9.59 Å². The third-order valence-corrected chi connectivity index (χ3v) is 3.96. The second-order valence-corrected chi connectivity index (χ2v) is 6.43. The third kappa shape index (κ3) is 4.66. The Morgan fingerprint density at radius 3 is 2.32 bits per heavy atom. The second-order valence-electron chi connectivity index (χ2n) is 5.78. The predicted octanol–water partition coefficient (Wildman–Crippen LogP) is 3.56. The van der Waals surface area contributed by atoms with Gasteiger partial charge in [-0.05, 0) is 55.5 Å². The topological polar surface area (TPSA) is 106 Å². The molecule has 1 heterocycles. The average Bonchev–Trinajstić information content (AvgIpc) is 3.17. The monoisotopic (exact) mass is 400 g/mol. The first-order valence-corrected chi connectivity index (χ1v) is 8.74. The predicted molar refractivity (Wildman–Crippen MR) is 105 cm³/mol. The van der Waals surface area contributed by atoms with E-state index in [0.29, 0.717) is 22.6 Å². The Hall–Kier alpha value is -3.39. The first kappa shape index (κ1) is 19.4. The van der Waals surface area contributed by atoms with E-state index in [1.54, 1.807) is 62.6 Å². The maximum Gasteiger partial charge on any atom is 0.322 e. The van der Waals surface area contributed by atoms with Gasteiger partial charge >= 0.3 is 6.01 Å². The van der Waals surface area contributed by atoms with Crippen LogP contribution in [0.25, 0.3) is 11.5 Å². The first-order chi connectivity index (χ1) is 13.5. The molecule has 9 heteroatoms. The summed E-state index contributed by atoms with van der Waals surface area (Å²) in [6, 6.07) is 13.4. The van der Waals surface area contributed by atoms with E-state index in [2.05, 4.69) is 20.8 Å². The molecule has 1 aromatic heterocycles.